The lowest BCUT2D eigenvalue weighted by Gasteiger charge is -2.45. The molecule has 0 bridgehead atoms. The number of carbonyl (C=O) groups excluding carboxylic acids is 1. The maximum absolute atomic E-state index is 12.7. The van der Waals surface area contributed by atoms with Crippen LogP contribution in [0, 0.1) is 5.92 Å². The van der Waals surface area contributed by atoms with Crippen molar-refractivity contribution >= 4 is 16.9 Å². The van der Waals surface area contributed by atoms with Gasteiger partial charge in [-0.2, -0.15) is 0 Å². The maximum atomic E-state index is 12.7. The molecule has 3 atom stereocenters. The summed E-state index contributed by atoms with van der Waals surface area (Å²) in [7, 11) is 2.19. The van der Waals surface area contributed by atoms with Gasteiger partial charge < -0.3 is 14.2 Å². The molecule has 1 aromatic carbocycles. The lowest BCUT2D eigenvalue weighted by Crippen LogP contribution is -2.50. The first-order chi connectivity index (χ1) is 13.0. The second-order valence-corrected chi connectivity index (χ2v) is 9.14. The molecule has 2 fully saturated rings. The molecule has 0 spiro atoms. The Morgan fingerprint density at radius 2 is 2.07 bits per heavy atom. The Labute approximate surface area is 161 Å². The van der Waals surface area contributed by atoms with E-state index >= 15 is 0 Å². The minimum atomic E-state index is 0.000778. The van der Waals surface area contributed by atoms with Crippen molar-refractivity contribution in [1.29, 1.82) is 0 Å². The summed E-state index contributed by atoms with van der Waals surface area (Å²) in [6, 6.07) is 7.68. The van der Waals surface area contributed by atoms with Crippen LogP contribution in [0.3, 0.4) is 0 Å². The predicted octanol–water partition coefficient (Wildman–Crippen LogP) is 4.28. The Kier molecular flexibility index (Phi) is 4.08. The first kappa shape index (κ1) is 17.3. The highest BCUT2D eigenvalue weighted by molar-refractivity contribution is 5.89. The van der Waals surface area contributed by atoms with Crippen LogP contribution >= 0.6 is 0 Å². The van der Waals surface area contributed by atoms with Gasteiger partial charge in [0.1, 0.15) is 6.10 Å². The lowest BCUT2D eigenvalue weighted by molar-refractivity contribution is -0.160. The van der Waals surface area contributed by atoms with Gasteiger partial charge >= 0.3 is 5.97 Å². The highest BCUT2D eigenvalue weighted by Gasteiger charge is 2.42. The van der Waals surface area contributed by atoms with Gasteiger partial charge in [0, 0.05) is 41.6 Å². The van der Waals surface area contributed by atoms with E-state index in [-0.39, 0.29) is 18.0 Å². The number of benzene rings is 1. The van der Waals surface area contributed by atoms with Crippen LogP contribution in [0.15, 0.2) is 24.4 Å². The SMILES string of the molecule is CC(C)n1cc2c3c(cccc31)C1C[C@@H](C(=O)OC3CCC3)CN(C)C1C2. The molecule has 4 heteroatoms. The molecule has 2 aromatic rings. The fraction of sp³-hybridized carbons (Fsp3) is 0.609. The van der Waals surface area contributed by atoms with E-state index < -0.39 is 0 Å². The quantitative estimate of drug-likeness (QED) is 0.761. The number of aromatic nitrogens is 1. The van der Waals surface area contributed by atoms with Crippen LogP contribution in [0.2, 0.25) is 0 Å². The second-order valence-electron chi connectivity index (χ2n) is 9.14. The minimum Gasteiger partial charge on any atom is -0.462 e. The molecule has 2 unspecified atom stereocenters. The fourth-order valence-corrected chi connectivity index (χ4v) is 5.42. The van der Waals surface area contributed by atoms with Gasteiger partial charge in [0.25, 0.3) is 0 Å². The monoisotopic (exact) mass is 366 g/mol. The van der Waals surface area contributed by atoms with E-state index in [4.69, 9.17) is 4.74 Å². The molecular weight excluding hydrogens is 336 g/mol. The summed E-state index contributed by atoms with van der Waals surface area (Å²) in [5.41, 5.74) is 4.25. The van der Waals surface area contributed by atoms with Crippen molar-refractivity contribution < 1.29 is 9.53 Å². The predicted molar refractivity (Wildman–Crippen MR) is 107 cm³/mol. The number of hydrogen-bond acceptors (Lipinski definition) is 3. The van der Waals surface area contributed by atoms with Gasteiger partial charge in [-0.1, -0.05) is 12.1 Å². The summed E-state index contributed by atoms with van der Waals surface area (Å²) in [6.07, 6.45) is 7.84. The van der Waals surface area contributed by atoms with E-state index in [0.717, 1.165) is 32.2 Å². The Bertz CT molecular complexity index is 880. The third-order valence-electron chi connectivity index (χ3n) is 7.10. The van der Waals surface area contributed by atoms with Gasteiger partial charge in [-0.3, -0.25) is 4.79 Å². The molecule has 2 aliphatic carbocycles. The number of hydrogen-bond donors (Lipinski definition) is 0. The Morgan fingerprint density at radius 1 is 1.26 bits per heavy atom. The van der Waals surface area contributed by atoms with Crippen LogP contribution < -0.4 is 0 Å². The van der Waals surface area contributed by atoms with Gasteiger partial charge in [0.2, 0.25) is 0 Å². The summed E-state index contributed by atoms with van der Waals surface area (Å²) < 4.78 is 8.17. The van der Waals surface area contributed by atoms with E-state index in [1.807, 2.05) is 0 Å². The first-order valence-corrected chi connectivity index (χ1v) is 10.6. The van der Waals surface area contributed by atoms with Crippen LogP contribution in [-0.2, 0) is 16.0 Å². The number of carbonyl (C=O) groups is 1. The molecule has 0 amide bonds. The number of ether oxygens (including phenoxy) is 1. The molecule has 1 aromatic heterocycles. The number of likely N-dealkylation sites (tertiary alicyclic amines) is 1. The van der Waals surface area contributed by atoms with Crippen LogP contribution in [0.4, 0.5) is 0 Å². The average molecular weight is 367 g/mol. The van der Waals surface area contributed by atoms with Gasteiger partial charge in [0.15, 0.2) is 0 Å². The molecule has 1 saturated carbocycles. The van der Waals surface area contributed by atoms with Gasteiger partial charge in [-0.15, -0.1) is 0 Å². The van der Waals surface area contributed by atoms with E-state index in [9.17, 15) is 4.79 Å². The van der Waals surface area contributed by atoms with Gasteiger partial charge in [-0.05, 0) is 70.2 Å². The molecule has 4 nitrogen and oxygen atoms in total. The van der Waals surface area contributed by atoms with E-state index in [1.165, 1.54) is 28.5 Å². The van der Waals surface area contributed by atoms with Crippen LogP contribution in [-0.4, -0.2) is 41.2 Å². The Hall–Kier alpha value is -1.81. The molecule has 1 saturated heterocycles. The number of nitrogens with zero attached hydrogens (tertiary/aromatic N) is 2. The second kappa shape index (κ2) is 6.37. The standard InChI is InChI=1S/C23H30N2O2/c1-14(2)25-13-15-11-21-19(18-8-5-9-20(25)22(15)18)10-16(12-24(21)3)23(26)27-17-6-4-7-17/h5,8-9,13-14,16-17,19,21H,4,6-7,10-12H2,1-3H3/t16-,19?,21?/m1/s1. The number of esters is 1. The third-order valence-corrected chi connectivity index (χ3v) is 7.10. The molecular formula is C23H30N2O2. The van der Waals surface area contributed by atoms with Crippen LogP contribution in [0.1, 0.15) is 62.6 Å². The zero-order valence-corrected chi connectivity index (χ0v) is 16.6. The number of piperidine rings is 1. The molecule has 27 heavy (non-hydrogen) atoms. The van der Waals surface area contributed by atoms with Crippen molar-refractivity contribution in [3.8, 4) is 0 Å². The van der Waals surface area contributed by atoms with Crippen molar-refractivity contribution in [1.82, 2.24) is 9.47 Å². The van der Waals surface area contributed by atoms with Crippen LogP contribution in [0.5, 0.6) is 0 Å². The van der Waals surface area contributed by atoms with Gasteiger partial charge in [-0.25, -0.2) is 0 Å². The van der Waals surface area contributed by atoms with E-state index in [2.05, 4.69) is 54.8 Å². The van der Waals surface area contributed by atoms with E-state index in [1.54, 1.807) is 0 Å². The van der Waals surface area contributed by atoms with Crippen molar-refractivity contribution in [2.24, 2.45) is 5.92 Å². The summed E-state index contributed by atoms with van der Waals surface area (Å²) >= 11 is 0. The average Bonchev–Trinajstić information content (AvgIpc) is 2.99. The molecule has 2 heterocycles. The summed E-state index contributed by atoms with van der Waals surface area (Å²) in [6.45, 7) is 5.32. The molecule has 3 aliphatic rings. The molecule has 1 aliphatic heterocycles. The Morgan fingerprint density at radius 3 is 2.78 bits per heavy atom. The highest BCUT2D eigenvalue weighted by atomic mass is 16.5. The van der Waals surface area contributed by atoms with Crippen molar-refractivity contribution in [3.05, 3.63) is 35.5 Å². The van der Waals surface area contributed by atoms with Crippen molar-refractivity contribution in [2.75, 3.05) is 13.6 Å². The third kappa shape index (κ3) is 2.72. The summed E-state index contributed by atoms with van der Waals surface area (Å²) in [4.78, 5) is 15.2. The summed E-state index contributed by atoms with van der Waals surface area (Å²) in [5.74, 6) is 0.450. The zero-order chi connectivity index (χ0) is 18.7. The molecule has 5 rings (SSSR count). The number of fused-ring (bicyclic) bond motifs is 2. The minimum absolute atomic E-state index is 0.000778. The van der Waals surface area contributed by atoms with Crippen LogP contribution in [0.25, 0.3) is 10.9 Å². The number of likely N-dealkylation sites (N-methyl/N-ethyl adjacent to an activating group) is 1. The first-order valence-electron chi connectivity index (χ1n) is 10.6. The largest absolute Gasteiger partial charge is 0.462 e. The normalized spacial score (nSPS) is 28.2. The van der Waals surface area contributed by atoms with Gasteiger partial charge in [0.05, 0.1) is 5.92 Å². The highest BCUT2D eigenvalue weighted by Crippen LogP contribution is 2.45. The molecule has 0 radical (unpaired) electrons. The zero-order valence-electron chi connectivity index (χ0n) is 16.6. The lowest BCUT2D eigenvalue weighted by atomic mass is 9.72. The summed E-state index contributed by atoms with van der Waals surface area (Å²) in [5, 5.41) is 1.44. The topological polar surface area (TPSA) is 34.5 Å². The van der Waals surface area contributed by atoms with E-state index in [0.29, 0.717) is 18.0 Å². The smallest absolute Gasteiger partial charge is 0.310 e. The molecule has 0 N–H and O–H groups in total. The Balaban J connectivity index is 1.49. The van der Waals surface area contributed by atoms with Crippen molar-refractivity contribution in [2.45, 2.75) is 70.1 Å². The fourth-order valence-electron chi connectivity index (χ4n) is 5.42. The van der Waals surface area contributed by atoms with Crippen molar-refractivity contribution in [3.63, 3.8) is 0 Å². The molecule has 144 valence electrons. The maximum Gasteiger partial charge on any atom is 0.310 e. The number of rotatable bonds is 3.